The number of hydrogen-bond donors (Lipinski definition) is 1. The van der Waals surface area contributed by atoms with Crippen LogP contribution in [0.5, 0.6) is 0 Å². The van der Waals surface area contributed by atoms with Crippen LogP contribution in [0.3, 0.4) is 0 Å². The van der Waals surface area contributed by atoms with E-state index in [0.717, 1.165) is 0 Å². The van der Waals surface area contributed by atoms with Crippen molar-refractivity contribution in [2.24, 2.45) is 7.05 Å². The molecular formula is C9H16N2O2. The van der Waals surface area contributed by atoms with Crippen LogP contribution in [0, 0.1) is 0 Å². The standard InChI is InChI=1S/C9H16N2O2/c1-7(2)13-6-8(12)9-10-4-5-11(9)3/h4-5,7-8,12H,6H2,1-3H3. The Morgan fingerprint density at radius 3 is 2.77 bits per heavy atom. The zero-order valence-electron chi connectivity index (χ0n) is 8.27. The van der Waals surface area contributed by atoms with Gasteiger partial charge in [0.25, 0.3) is 0 Å². The SMILES string of the molecule is CC(C)OCC(O)c1nccn1C. The summed E-state index contributed by atoms with van der Waals surface area (Å²) in [6, 6.07) is 0. The summed E-state index contributed by atoms with van der Waals surface area (Å²) in [5.74, 6) is 0.639. The van der Waals surface area contributed by atoms with Gasteiger partial charge in [-0.3, -0.25) is 0 Å². The molecule has 4 nitrogen and oxygen atoms in total. The van der Waals surface area contributed by atoms with E-state index >= 15 is 0 Å². The average molecular weight is 184 g/mol. The molecule has 74 valence electrons. The molecule has 1 rings (SSSR count). The second-order valence-electron chi connectivity index (χ2n) is 3.29. The van der Waals surface area contributed by atoms with E-state index in [-0.39, 0.29) is 6.10 Å². The highest BCUT2D eigenvalue weighted by Gasteiger charge is 2.12. The molecule has 1 heterocycles. The highest BCUT2D eigenvalue weighted by atomic mass is 16.5. The number of hydrogen-bond acceptors (Lipinski definition) is 3. The Morgan fingerprint density at radius 2 is 2.31 bits per heavy atom. The van der Waals surface area contributed by atoms with Crippen LogP contribution in [-0.4, -0.2) is 27.4 Å². The van der Waals surface area contributed by atoms with Gasteiger partial charge in [-0.15, -0.1) is 0 Å². The molecule has 0 saturated heterocycles. The fraction of sp³-hybridized carbons (Fsp3) is 0.667. The summed E-state index contributed by atoms with van der Waals surface area (Å²) in [6.45, 7) is 4.17. The quantitative estimate of drug-likeness (QED) is 0.755. The first kappa shape index (κ1) is 10.2. The van der Waals surface area contributed by atoms with Gasteiger partial charge in [0.15, 0.2) is 0 Å². The third-order valence-corrected chi connectivity index (χ3v) is 1.74. The number of aryl methyl sites for hydroxylation is 1. The molecule has 0 fully saturated rings. The first-order valence-electron chi connectivity index (χ1n) is 4.38. The molecule has 13 heavy (non-hydrogen) atoms. The summed E-state index contributed by atoms with van der Waals surface area (Å²) < 4.78 is 7.07. The minimum atomic E-state index is -0.637. The molecule has 0 saturated carbocycles. The lowest BCUT2D eigenvalue weighted by Crippen LogP contribution is -2.15. The van der Waals surface area contributed by atoms with Gasteiger partial charge in [-0.2, -0.15) is 0 Å². The predicted octanol–water partition coefficient (Wildman–Crippen LogP) is 0.879. The Balaban J connectivity index is 2.49. The number of aliphatic hydroxyl groups is 1. The van der Waals surface area contributed by atoms with Gasteiger partial charge in [0.1, 0.15) is 11.9 Å². The molecule has 0 bridgehead atoms. The summed E-state index contributed by atoms with van der Waals surface area (Å²) in [5, 5.41) is 9.63. The van der Waals surface area contributed by atoms with Crippen LogP contribution < -0.4 is 0 Å². The van der Waals surface area contributed by atoms with E-state index in [9.17, 15) is 5.11 Å². The zero-order chi connectivity index (χ0) is 9.84. The van der Waals surface area contributed by atoms with Crippen LogP contribution in [0.1, 0.15) is 25.8 Å². The van der Waals surface area contributed by atoms with Gasteiger partial charge in [-0.25, -0.2) is 4.98 Å². The Bertz CT molecular complexity index is 258. The van der Waals surface area contributed by atoms with Crippen molar-refractivity contribution in [2.45, 2.75) is 26.1 Å². The molecule has 0 aromatic carbocycles. The van der Waals surface area contributed by atoms with Crippen molar-refractivity contribution in [1.29, 1.82) is 0 Å². The van der Waals surface area contributed by atoms with Gasteiger partial charge >= 0.3 is 0 Å². The molecule has 1 N–H and O–H groups in total. The molecular weight excluding hydrogens is 168 g/mol. The van der Waals surface area contributed by atoms with E-state index in [1.54, 1.807) is 17.0 Å². The van der Waals surface area contributed by atoms with Crippen molar-refractivity contribution in [2.75, 3.05) is 6.61 Å². The summed E-state index contributed by atoms with van der Waals surface area (Å²) in [6.07, 6.45) is 2.96. The molecule has 1 aromatic rings. The summed E-state index contributed by atoms with van der Waals surface area (Å²) >= 11 is 0. The Kier molecular flexibility index (Phi) is 3.45. The number of imidazole rings is 1. The predicted molar refractivity (Wildman–Crippen MR) is 49.3 cm³/mol. The van der Waals surface area contributed by atoms with Crippen molar-refractivity contribution in [1.82, 2.24) is 9.55 Å². The first-order chi connectivity index (χ1) is 6.11. The van der Waals surface area contributed by atoms with E-state index < -0.39 is 6.10 Å². The topological polar surface area (TPSA) is 47.3 Å². The second-order valence-corrected chi connectivity index (χ2v) is 3.29. The normalized spacial score (nSPS) is 13.6. The largest absolute Gasteiger partial charge is 0.383 e. The number of rotatable bonds is 4. The van der Waals surface area contributed by atoms with Gasteiger partial charge in [-0.05, 0) is 13.8 Å². The van der Waals surface area contributed by atoms with Crippen LogP contribution >= 0.6 is 0 Å². The Hall–Kier alpha value is -0.870. The Morgan fingerprint density at radius 1 is 1.62 bits per heavy atom. The molecule has 0 aliphatic heterocycles. The first-order valence-corrected chi connectivity index (χ1v) is 4.38. The number of ether oxygens (including phenoxy) is 1. The van der Waals surface area contributed by atoms with Crippen LogP contribution in [0.4, 0.5) is 0 Å². The van der Waals surface area contributed by atoms with E-state index in [4.69, 9.17) is 4.74 Å². The van der Waals surface area contributed by atoms with Crippen molar-refractivity contribution < 1.29 is 9.84 Å². The monoisotopic (exact) mass is 184 g/mol. The van der Waals surface area contributed by atoms with Crippen molar-refractivity contribution in [3.05, 3.63) is 18.2 Å². The van der Waals surface area contributed by atoms with Gasteiger partial charge in [0.05, 0.1) is 12.7 Å². The molecule has 0 amide bonds. The molecule has 0 spiro atoms. The smallest absolute Gasteiger partial charge is 0.139 e. The summed E-state index contributed by atoms with van der Waals surface area (Å²) in [4.78, 5) is 4.03. The van der Waals surface area contributed by atoms with Crippen molar-refractivity contribution >= 4 is 0 Å². The van der Waals surface area contributed by atoms with Crippen LogP contribution in [0.2, 0.25) is 0 Å². The highest BCUT2D eigenvalue weighted by Crippen LogP contribution is 2.10. The molecule has 4 heteroatoms. The third kappa shape index (κ3) is 2.82. The fourth-order valence-electron chi connectivity index (χ4n) is 1.06. The minimum Gasteiger partial charge on any atom is -0.383 e. The molecule has 1 aromatic heterocycles. The van der Waals surface area contributed by atoms with Crippen LogP contribution in [-0.2, 0) is 11.8 Å². The molecule has 1 atom stereocenters. The summed E-state index contributed by atoms with van der Waals surface area (Å²) in [7, 11) is 1.85. The van der Waals surface area contributed by atoms with Gasteiger partial charge < -0.3 is 14.4 Å². The highest BCUT2D eigenvalue weighted by molar-refractivity contribution is 4.95. The Labute approximate surface area is 78.2 Å². The van der Waals surface area contributed by atoms with E-state index in [2.05, 4.69) is 4.98 Å². The number of aliphatic hydroxyl groups excluding tert-OH is 1. The second kappa shape index (κ2) is 4.39. The lowest BCUT2D eigenvalue weighted by Gasteiger charge is -2.12. The van der Waals surface area contributed by atoms with Gasteiger partial charge in [0.2, 0.25) is 0 Å². The van der Waals surface area contributed by atoms with Crippen molar-refractivity contribution in [3.8, 4) is 0 Å². The summed E-state index contributed by atoms with van der Waals surface area (Å²) in [5.41, 5.74) is 0. The van der Waals surface area contributed by atoms with Crippen LogP contribution in [0.25, 0.3) is 0 Å². The number of aromatic nitrogens is 2. The van der Waals surface area contributed by atoms with E-state index in [1.165, 1.54) is 0 Å². The lowest BCUT2D eigenvalue weighted by atomic mass is 10.3. The maximum absolute atomic E-state index is 9.63. The zero-order valence-corrected chi connectivity index (χ0v) is 8.27. The minimum absolute atomic E-state index is 0.134. The molecule has 0 aliphatic rings. The molecule has 0 radical (unpaired) electrons. The average Bonchev–Trinajstić information content (AvgIpc) is 2.47. The molecule has 1 unspecified atom stereocenters. The maximum atomic E-state index is 9.63. The maximum Gasteiger partial charge on any atom is 0.139 e. The lowest BCUT2D eigenvalue weighted by molar-refractivity contribution is 0.000451. The molecule has 0 aliphatic carbocycles. The third-order valence-electron chi connectivity index (χ3n) is 1.74. The fourth-order valence-corrected chi connectivity index (χ4v) is 1.06. The van der Waals surface area contributed by atoms with E-state index in [1.807, 2.05) is 20.9 Å². The van der Waals surface area contributed by atoms with Gasteiger partial charge in [-0.1, -0.05) is 0 Å². The number of nitrogens with zero attached hydrogens (tertiary/aromatic N) is 2. The van der Waals surface area contributed by atoms with Crippen molar-refractivity contribution in [3.63, 3.8) is 0 Å². The van der Waals surface area contributed by atoms with Crippen LogP contribution in [0.15, 0.2) is 12.4 Å². The van der Waals surface area contributed by atoms with Gasteiger partial charge in [0, 0.05) is 19.4 Å². The van der Waals surface area contributed by atoms with E-state index in [0.29, 0.717) is 12.4 Å².